The van der Waals surface area contributed by atoms with E-state index in [0.717, 1.165) is 0 Å². The predicted octanol–water partition coefficient (Wildman–Crippen LogP) is 5.39. The van der Waals surface area contributed by atoms with Crippen molar-refractivity contribution in [3.05, 3.63) is 57.3 Å². The van der Waals surface area contributed by atoms with Gasteiger partial charge in [-0.15, -0.1) is 0 Å². The molecule has 0 radical (unpaired) electrons. The number of benzene rings is 2. The summed E-state index contributed by atoms with van der Waals surface area (Å²) in [7, 11) is 0. The summed E-state index contributed by atoms with van der Waals surface area (Å²) in [6, 6.07) is 7.99. The molecule has 3 rings (SSSR count). The molecule has 0 aromatic heterocycles. The van der Waals surface area contributed by atoms with E-state index in [1.165, 1.54) is 6.07 Å². The first kappa shape index (κ1) is 14.9. The second-order valence-electron chi connectivity index (χ2n) is 4.52. The number of halogens is 4. The molecule has 0 fully saturated rings. The fraction of sp³-hybridized carbons (Fsp3) is 0.200. The summed E-state index contributed by atoms with van der Waals surface area (Å²) in [6.07, 6.45) is 0. The molecule has 0 aliphatic carbocycles. The van der Waals surface area contributed by atoms with Gasteiger partial charge in [0.25, 0.3) is 0 Å². The van der Waals surface area contributed by atoms with E-state index in [0.29, 0.717) is 45.9 Å². The Kier molecular flexibility index (Phi) is 4.29. The number of hydrogen-bond donors (Lipinski definition) is 0. The van der Waals surface area contributed by atoms with E-state index >= 15 is 0 Å². The minimum atomic E-state index is -0.477. The standard InChI is InChI=1S/C15H10BrCl2FO2/c16-15(14-9(17)2-1-3-11(14)19)8-6-12-13(7-10(8)18)21-5-4-20-12/h1-3,6-7,15H,4-5H2. The third-order valence-corrected chi connectivity index (χ3v) is 4.80. The van der Waals surface area contributed by atoms with Crippen molar-refractivity contribution in [1.82, 2.24) is 0 Å². The molecule has 6 heteroatoms. The van der Waals surface area contributed by atoms with Crippen LogP contribution >= 0.6 is 39.1 Å². The van der Waals surface area contributed by atoms with Gasteiger partial charge in [0.1, 0.15) is 19.0 Å². The van der Waals surface area contributed by atoms with Crippen molar-refractivity contribution in [3.8, 4) is 11.5 Å². The van der Waals surface area contributed by atoms with Gasteiger partial charge >= 0.3 is 0 Å². The minimum Gasteiger partial charge on any atom is -0.486 e. The molecule has 0 saturated heterocycles. The topological polar surface area (TPSA) is 18.5 Å². The normalized spacial score (nSPS) is 14.9. The summed E-state index contributed by atoms with van der Waals surface area (Å²) >= 11 is 15.8. The van der Waals surface area contributed by atoms with E-state index in [4.69, 9.17) is 32.7 Å². The molecule has 21 heavy (non-hydrogen) atoms. The van der Waals surface area contributed by atoms with E-state index in [1.807, 2.05) is 0 Å². The fourth-order valence-corrected chi connectivity index (χ4v) is 3.82. The van der Waals surface area contributed by atoms with E-state index in [2.05, 4.69) is 15.9 Å². The zero-order valence-corrected chi connectivity index (χ0v) is 13.8. The molecule has 2 aromatic carbocycles. The second kappa shape index (κ2) is 6.03. The summed E-state index contributed by atoms with van der Waals surface area (Å²) in [5.74, 6) is 0.794. The third-order valence-electron chi connectivity index (χ3n) is 3.19. The molecule has 2 nitrogen and oxygen atoms in total. The highest BCUT2D eigenvalue weighted by atomic mass is 79.9. The molecule has 1 aliphatic rings. The van der Waals surface area contributed by atoms with Crippen molar-refractivity contribution >= 4 is 39.1 Å². The van der Waals surface area contributed by atoms with Gasteiger partial charge in [-0.25, -0.2) is 4.39 Å². The van der Waals surface area contributed by atoms with Crippen LogP contribution in [-0.2, 0) is 0 Å². The lowest BCUT2D eigenvalue weighted by Crippen LogP contribution is -2.15. The first-order valence-corrected chi connectivity index (χ1v) is 7.92. The molecule has 1 aliphatic heterocycles. The molecule has 1 unspecified atom stereocenters. The maximum atomic E-state index is 14.0. The lowest BCUT2D eigenvalue weighted by Gasteiger charge is -2.22. The second-order valence-corrected chi connectivity index (χ2v) is 6.25. The maximum absolute atomic E-state index is 14.0. The quantitative estimate of drug-likeness (QED) is 0.639. The lowest BCUT2D eigenvalue weighted by molar-refractivity contribution is 0.171. The molecule has 1 heterocycles. The van der Waals surface area contributed by atoms with E-state index in [9.17, 15) is 4.39 Å². The smallest absolute Gasteiger partial charge is 0.162 e. The molecule has 1 atom stereocenters. The fourth-order valence-electron chi connectivity index (χ4n) is 2.18. The zero-order chi connectivity index (χ0) is 15.0. The van der Waals surface area contributed by atoms with Gasteiger partial charge in [0.05, 0.1) is 4.83 Å². The predicted molar refractivity (Wildman–Crippen MR) is 84.6 cm³/mol. The summed E-state index contributed by atoms with van der Waals surface area (Å²) in [6.45, 7) is 0.959. The van der Waals surface area contributed by atoms with Crippen molar-refractivity contribution in [2.75, 3.05) is 13.2 Å². The van der Waals surface area contributed by atoms with Crippen LogP contribution in [0.15, 0.2) is 30.3 Å². The zero-order valence-electron chi connectivity index (χ0n) is 10.7. The Hall–Kier alpha value is -0.970. The van der Waals surface area contributed by atoms with Gasteiger partial charge in [0.15, 0.2) is 11.5 Å². The molecule has 0 saturated carbocycles. The Labute approximate surface area is 139 Å². The van der Waals surface area contributed by atoms with Crippen molar-refractivity contribution < 1.29 is 13.9 Å². The molecule has 0 bridgehead atoms. The molecule has 0 N–H and O–H groups in total. The molecule has 2 aromatic rings. The van der Waals surface area contributed by atoms with Crippen molar-refractivity contribution in [2.24, 2.45) is 0 Å². The van der Waals surface area contributed by atoms with Crippen molar-refractivity contribution in [1.29, 1.82) is 0 Å². The minimum absolute atomic E-state index is 0.336. The number of alkyl halides is 1. The van der Waals surface area contributed by atoms with Gasteiger partial charge in [-0.05, 0) is 23.8 Å². The Balaban J connectivity index is 2.07. The SMILES string of the molecule is Fc1cccc(Cl)c1C(Br)c1cc2c(cc1Cl)OCCO2. The molecule has 0 amide bonds. The largest absolute Gasteiger partial charge is 0.486 e. The van der Waals surface area contributed by atoms with Crippen LogP contribution in [0.25, 0.3) is 0 Å². The van der Waals surface area contributed by atoms with Crippen LogP contribution < -0.4 is 9.47 Å². The Morgan fingerprint density at radius 3 is 2.38 bits per heavy atom. The van der Waals surface area contributed by atoms with Gasteiger partial charge < -0.3 is 9.47 Å². The monoisotopic (exact) mass is 390 g/mol. The summed E-state index contributed by atoms with van der Waals surface area (Å²) < 4.78 is 25.0. The maximum Gasteiger partial charge on any atom is 0.162 e. The van der Waals surface area contributed by atoms with Crippen LogP contribution in [0.1, 0.15) is 16.0 Å². The Morgan fingerprint density at radius 2 is 1.71 bits per heavy atom. The Bertz CT molecular complexity index is 673. The van der Waals surface area contributed by atoms with E-state index in [1.54, 1.807) is 24.3 Å². The van der Waals surface area contributed by atoms with Gasteiger partial charge in [-0.3, -0.25) is 0 Å². The first-order valence-electron chi connectivity index (χ1n) is 6.25. The molecular weight excluding hydrogens is 382 g/mol. The highest BCUT2D eigenvalue weighted by molar-refractivity contribution is 9.09. The summed E-state index contributed by atoms with van der Waals surface area (Å²) in [4.78, 5) is -0.477. The number of hydrogen-bond acceptors (Lipinski definition) is 2. The molecule has 0 spiro atoms. The van der Waals surface area contributed by atoms with Gasteiger partial charge in [0, 0.05) is 21.7 Å². The van der Waals surface area contributed by atoms with Crippen LogP contribution in [0.4, 0.5) is 4.39 Å². The first-order chi connectivity index (χ1) is 10.1. The van der Waals surface area contributed by atoms with Crippen LogP contribution in [0.5, 0.6) is 11.5 Å². The lowest BCUT2D eigenvalue weighted by atomic mass is 10.0. The number of ether oxygens (including phenoxy) is 2. The Morgan fingerprint density at radius 1 is 1.05 bits per heavy atom. The van der Waals surface area contributed by atoms with E-state index in [-0.39, 0.29) is 0 Å². The van der Waals surface area contributed by atoms with Gasteiger partial charge in [0.2, 0.25) is 0 Å². The van der Waals surface area contributed by atoms with Gasteiger partial charge in [-0.1, -0.05) is 45.2 Å². The average Bonchev–Trinajstić information content (AvgIpc) is 2.46. The molecule has 110 valence electrons. The van der Waals surface area contributed by atoms with Gasteiger partial charge in [-0.2, -0.15) is 0 Å². The van der Waals surface area contributed by atoms with Crippen molar-refractivity contribution in [2.45, 2.75) is 4.83 Å². The number of rotatable bonds is 2. The number of fused-ring (bicyclic) bond motifs is 1. The summed E-state index contributed by atoms with van der Waals surface area (Å²) in [5.41, 5.74) is 1.02. The highest BCUT2D eigenvalue weighted by Gasteiger charge is 2.23. The average molecular weight is 392 g/mol. The van der Waals surface area contributed by atoms with Crippen molar-refractivity contribution in [3.63, 3.8) is 0 Å². The third kappa shape index (κ3) is 2.85. The van der Waals surface area contributed by atoms with E-state index < -0.39 is 10.6 Å². The van der Waals surface area contributed by atoms with Crippen LogP contribution in [-0.4, -0.2) is 13.2 Å². The van der Waals surface area contributed by atoms with Crippen LogP contribution in [0.2, 0.25) is 10.0 Å². The van der Waals surface area contributed by atoms with Crippen LogP contribution in [0, 0.1) is 5.82 Å². The van der Waals surface area contributed by atoms with Crippen LogP contribution in [0.3, 0.4) is 0 Å². The molecular formula is C15H10BrCl2FO2. The highest BCUT2D eigenvalue weighted by Crippen LogP contribution is 2.44. The summed E-state index contributed by atoms with van der Waals surface area (Å²) in [5, 5.41) is 0.795.